The van der Waals surface area contributed by atoms with Crippen LogP contribution in [0, 0.1) is 11.8 Å². The second kappa shape index (κ2) is 5.25. The highest BCUT2D eigenvalue weighted by atomic mass is 32.1. The van der Waals surface area contributed by atoms with Crippen molar-refractivity contribution in [1.82, 2.24) is 0 Å². The van der Waals surface area contributed by atoms with E-state index >= 15 is 0 Å². The predicted molar refractivity (Wildman–Crippen MR) is 57.9 cm³/mol. The van der Waals surface area contributed by atoms with Gasteiger partial charge in [-0.2, -0.15) is 0 Å². The smallest absolute Gasteiger partial charge is 0.330 e. The fourth-order valence-corrected chi connectivity index (χ4v) is 1.67. The topological polar surface area (TPSA) is 26.3 Å². The van der Waals surface area contributed by atoms with Crippen LogP contribution in [0.3, 0.4) is 0 Å². The Labute approximate surface area is 87.2 Å². The molecule has 0 bridgehead atoms. The van der Waals surface area contributed by atoms with Crippen LogP contribution in [0.5, 0.6) is 0 Å². The molecule has 0 saturated heterocycles. The Morgan fingerprint density at radius 3 is 3.00 bits per heavy atom. The van der Waals surface area contributed by atoms with Gasteiger partial charge >= 0.3 is 5.97 Å². The molecule has 1 rings (SSSR count). The average Bonchev–Trinajstić information content (AvgIpc) is 2.63. The molecule has 0 aliphatic rings. The molecular weight excluding hydrogens is 196 g/mol. The Bertz CT molecular complexity index is 404. The van der Waals surface area contributed by atoms with Gasteiger partial charge in [0.2, 0.25) is 0 Å². The van der Waals surface area contributed by atoms with Crippen LogP contribution in [-0.2, 0) is 9.53 Å². The average molecular weight is 206 g/mol. The summed E-state index contributed by atoms with van der Waals surface area (Å²) in [5.41, 5.74) is 0. The van der Waals surface area contributed by atoms with Gasteiger partial charge in [0, 0.05) is 11.0 Å². The molecule has 0 N–H and O–H groups in total. The minimum Gasteiger partial charge on any atom is -0.466 e. The number of ether oxygens (including phenoxy) is 1. The molecule has 2 nitrogen and oxygen atoms in total. The van der Waals surface area contributed by atoms with Crippen LogP contribution < -0.4 is 0 Å². The molecule has 0 fully saturated rings. The first kappa shape index (κ1) is 10.6. The van der Waals surface area contributed by atoms with Gasteiger partial charge in [0.05, 0.1) is 12.0 Å². The number of carbonyl (C=O) groups is 1. The summed E-state index contributed by atoms with van der Waals surface area (Å²) in [5.74, 6) is 5.42. The molecule has 0 aliphatic carbocycles. The SMILES string of the molecule is CC#Cc1ccc(/C=C/C(=O)OC)s1. The van der Waals surface area contributed by atoms with Crippen molar-refractivity contribution in [3.63, 3.8) is 0 Å². The molecule has 0 radical (unpaired) electrons. The molecule has 0 saturated carbocycles. The van der Waals surface area contributed by atoms with Gasteiger partial charge in [-0.05, 0) is 25.1 Å². The molecular formula is C11H10O2S. The van der Waals surface area contributed by atoms with Gasteiger partial charge in [0.15, 0.2) is 0 Å². The van der Waals surface area contributed by atoms with Gasteiger partial charge in [-0.3, -0.25) is 0 Å². The Morgan fingerprint density at radius 2 is 2.36 bits per heavy atom. The van der Waals surface area contributed by atoms with Crippen molar-refractivity contribution in [2.45, 2.75) is 6.92 Å². The second-order valence-corrected chi connectivity index (χ2v) is 3.55. The van der Waals surface area contributed by atoms with E-state index in [1.165, 1.54) is 13.2 Å². The number of thiophene rings is 1. The van der Waals surface area contributed by atoms with Gasteiger partial charge in [-0.1, -0.05) is 5.92 Å². The second-order valence-electron chi connectivity index (χ2n) is 2.43. The standard InChI is InChI=1S/C11H10O2S/c1-3-4-9-5-6-10(14-9)7-8-11(12)13-2/h5-8H,1-2H3/b8-7+. The lowest BCUT2D eigenvalue weighted by Gasteiger charge is -1.87. The zero-order chi connectivity index (χ0) is 10.4. The first-order chi connectivity index (χ1) is 6.76. The number of hydrogen-bond donors (Lipinski definition) is 0. The molecule has 0 atom stereocenters. The third-order valence-corrected chi connectivity index (χ3v) is 2.43. The lowest BCUT2D eigenvalue weighted by molar-refractivity contribution is -0.134. The third-order valence-electron chi connectivity index (χ3n) is 1.46. The molecule has 1 aromatic heterocycles. The summed E-state index contributed by atoms with van der Waals surface area (Å²) < 4.78 is 4.48. The Hall–Kier alpha value is -1.53. The van der Waals surface area contributed by atoms with E-state index in [1.807, 2.05) is 12.1 Å². The Morgan fingerprint density at radius 1 is 1.57 bits per heavy atom. The minimum atomic E-state index is -0.346. The van der Waals surface area contributed by atoms with E-state index in [0.29, 0.717) is 0 Å². The summed E-state index contributed by atoms with van der Waals surface area (Å²) in [6, 6.07) is 3.85. The molecule has 0 aromatic carbocycles. The zero-order valence-electron chi connectivity index (χ0n) is 8.03. The van der Waals surface area contributed by atoms with Crippen LogP contribution in [0.2, 0.25) is 0 Å². The van der Waals surface area contributed by atoms with Crippen molar-refractivity contribution in [1.29, 1.82) is 0 Å². The van der Waals surface area contributed by atoms with Crippen LogP contribution >= 0.6 is 11.3 Å². The monoisotopic (exact) mass is 206 g/mol. The summed E-state index contributed by atoms with van der Waals surface area (Å²) in [6.45, 7) is 1.80. The lowest BCUT2D eigenvalue weighted by Crippen LogP contribution is -1.92. The van der Waals surface area contributed by atoms with Crippen molar-refractivity contribution < 1.29 is 9.53 Å². The van der Waals surface area contributed by atoms with Crippen LogP contribution in [-0.4, -0.2) is 13.1 Å². The number of rotatable bonds is 2. The molecule has 1 heterocycles. The fourth-order valence-electron chi connectivity index (χ4n) is 0.851. The van der Waals surface area contributed by atoms with E-state index in [0.717, 1.165) is 9.75 Å². The van der Waals surface area contributed by atoms with Gasteiger partial charge < -0.3 is 4.74 Å². The van der Waals surface area contributed by atoms with Crippen molar-refractivity contribution in [3.05, 3.63) is 28.0 Å². The highest BCUT2D eigenvalue weighted by Crippen LogP contribution is 2.16. The fraction of sp³-hybridized carbons (Fsp3) is 0.182. The minimum absolute atomic E-state index is 0.346. The van der Waals surface area contributed by atoms with E-state index in [-0.39, 0.29) is 5.97 Å². The Balaban J connectivity index is 2.71. The van der Waals surface area contributed by atoms with Crippen molar-refractivity contribution >= 4 is 23.4 Å². The molecule has 0 amide bonds. The van der Waals surface area contributed by atoms with Crippen molar-refractivity contribution in [2.75, 3.05) is 7.11 Å². The Kier molecular flexibility index (Phi) is 3.96. The number of esters is 1. The van der Waals surface area contributed by atoms with Crippen LogP contribution in [0.25, 0.3) is 6.08 Å². The quantitative estimate of drug-likeness (QED) is 0.421. The highest BCUT2D eigenvalue weighted by Gasteiger charge is 1.95. The van der Waals surface area contributed by atoms with Crippen LogP contribution in [0.1, 0.15) is 16.7 Å². The predicted octanol–water partition coefficient (Wildman–Crippen LogP) is 2.31. The molecule has 1 aromatic rings. The number of hydrogen-bond acceptors (Lipinski definition) is 3. The maximum atomic E-state index is 10.8. The largest absolute Gasteiger partial charge is 0.466 e. The molecule has 0 spiro atoms. The molecule has 14 heavy (non-hydrogen) atoms. The summed E-state index contributed by atoms with van der Waals surface area (Å²) in [4.78, 5) is 12.8. The maximum Gasteiger partial charge on any atom is 0.330 e. The molecule has 72 valence electrons. The molecule has 0 unspecified atom stereocenters. The van der Waals surface area contributed by atoms with E-state index in [1.54, 1.807) is 24.3 Å². The summed E-state index contributed by atoms with van der Waals surface area (Å²) in [5, 5.41) is 0. The number of carbonyl (C=O) groups excluding carboxylic acids is 1. The molecule has 0 aliphatic heterocycles. The van der Waals surface area contributed by atoms with E-state index < -0.39 is 0 Å². The number of methoxy groups -OCH3 is 1. The van der Waals surface area contributed by atoms with Gasteiger partial charge in [0.25, 0.3) is 0 Å². The van der Waals surface area contributed by atoms with E-state index in [9.17, 15) is 4.79 Å². The van der Waals surface area contributed by atoms with Gasteiger partial charge in [-0.25, -0.2) is 4.79 Å². The zero-order valence-corrected chi connectivity index (χ0v) is 8.85. The summed E-state index contributed by atoms with van der Waals surface area (Å²) >= 11 is 1.54. The van der Waals surface area contributed by atoms with Crippen LogP contribution in [0.15, 0.2) is 18.2 Å². The highest BCUT2D eigenvalue weighted by molar-refractivity contribution is 7.13. The van der Waals surface area contributed by atoms with E-state index in [2.05, 4.69) is 16.6 Å². The maximum absolute atomic E-state index is 10.8. The van der Waals surface area contributed by atoms with Gasteiger partial charge in [-0.15, -0.1) is 17.3 Å². The van der Waals surface area contributed by atoms with Gasteiger partial charge in [0.1, 0.15) is 0 Å². The first-order valence-corrected chi connectivity index (χ1v) is 4.86. The van der Waals surface area contributed by atoms with Crippen LogP contribution in [0.4, 0.5) is 0 Å². The van der Waals surface area contributed by atoms with E-state index in [4.69, 9.17) is 0 Å². The summed E-state index contributed by atoms with van der Waals surface area (Å²) in [6.07, 6.45) is 3.12. The van der Waals surface area contributed by atoms with Crippen molar-refractivity contribution in [3.8, 4) is 11.8 Å². The third kappa shape index (κ3) is 3.08. The molecule has 3 heteroatoms. The first-order valence-electron chi connectivity index (χ1n) is 4.05. The normalized spacial score (nSPS) is 9.57. The van der Waals surface area contributed by atoms with Crippen molar-refractivity contribution in [2.24, 2.45) is 0 Å². The summed E-state index contributed by atoms with van der Waals surface area (Å²) in [7, 11) is 1.36. The lowest BCUT2D eigenvalue weighted by atomic mass is 10.4.